The number of nitrogens with one attached hydrogen (secondary N) is 1. The van der Waals surface area contributed by atoms with Gasteiger partial charge in [-0.3, -0.25) is 14.9 Å². The van der Waals surface area contributed by atoms with E-state index in [-0.39, 0.29) is 33.5 Å². The molecular formula is C22H29N3O5S. The van der Waals surface area contributed by atoms with E-state index in [0.717, 1.165) is 0 Å². The SMILES string of the molecule is Cc1c(C(=O)Nc2ccc(S(=O)(=O)N(CC(C)C)CC(C)C)cc2)cccc1[N+](=O)[O-]. The average Bonchev–Trinajstić information content (AvgIpc) is 2.67. The molecule has 0 atom stereocenters. The zero-order valence-corrected chi connectivity index (χ0v) is 19.3. The first-order chi connectivity index (χ1) is 14.4. The van der Waals surface area contributed by atoms with E-state index < -0.39 is 20.9 Å². The second-order valence-corrected chi connectivity index (χ2v) is 10.2. The molecule has 2 aromatic carbocycles. The van der Waals surface area contributed by atoms with Gasteiger partial charge in [-0.15, -0.1) is 0 Å². The Kier molecular flexibility index (Phi) is 7.91. The van der Waals surface area contributed by atoms with Crippen LogP contribution < -0.4 is 5.32 Å². The van der Waals surface area contributed by atoms with Crippen LogP contribution in [0.15, 0.2) is 47.4 Å². The van der Waals surface area contributed by atoms with E-state index >= 15 is 0 Å². The number of sulfonamides is 1. The average molecular weight is 448 g/mol. The van der Waals surface area contributed by atoms with Crippen LogP contribution in [0.25, 0.3) is 0 Å². The number of nitrogens with zero attached hydrogens (tertiary/aromatic N) is 2. The third-order valence-electron chi connectivity index (χ3n) is 4.63. The van der Waals surface area contributed by atoms with Gasteiger partial charge in [-0.2, -0.15) is 4.31 Å². The van der Waals surface area contributed by atoms with Crippen molar-refractivity contribution in [3.63, 3.8) is 0 Å². The summed E-state index contributed by atoms with van der Waals surface area (Å²) in [6, 6.07) is 10.2. The molecule has 1 N–H and O–H groups in total. The van der Waals surface area contributed by atoms with Crippen LogP contribution >= 0.6 is 0 Å². The summed E-state index contributed by atoms with van der Waals surface area (Å²) in [5.41, 5.74) is 0.715. The van der Waals surface area contributed by atoms with Gasteiger partial charge in [0.1, 0.15) is 0 Å². The fraction of sp³-hybridized carbons (Fsp3) is 0.409. The molecule has 9 heteroatoms. The lowest BCUT2D eigenvalue weighted by molar-refractivity contribution is -0.385. The molecule has 0 unspecified atom stereocenters. The number of rotatable bonds is 9. The minimum atomic E-state index is -3.66. The summed E-state index contributed by atoms with van der Waals surface area (Å²) in [5.74, 6) is -0.131. The van der Waals surface area contributed by atoms with E-state index in [1.807, 2.05) is 27.7 Å². The largest absolute Gasteiger partial charge is 0.322 e. The van der Waals surface area contributed by atoms with Crippen molar-refractivity contribution in [1.82, 2.24) is 4.31 Å². The topological polar surface area (TPSA) is 110 Å². The van der Waals surface area contributed by atoms with Gasteiger partial charge < -0.3 is 5.32 Å². The maximum atomic E-state index is 13.1. The predicted octanol–water partition coefficient (Wildman–Crippen LogP) is 4.46. The van der Waals surface area contributed by atoms with Crippen molar-refractivity contribution in [2.75, 3.05) is 18.4 Å². The molecule has 0 spiro atoms. The summed E-state index contributed by atoms with van der Waals surface area (Å²) >= 11 is 0. The van der Waals surface area contributed by atoms with Crippen LogP contribution in [0, 0.1) is 28.9 Å². The highest BCUT2D eigenvalue weighted by Gasteiger charge is 2.26. The second-order valence-electron chi connectivity index (χ2n) is 8.30. The molecular weight excluding hydrogens is 418 g/mol. The predicted molar refractivity (Wildman–Crippen MR) is 121 cm³/mol. The highest BCUT2D eigenvalue weighted by atomic mass is 32.2. The molecule has 2 rings (SSSR count). The van der Waals surface area contributed by atoms with Crippen LogP contribution in [0.4, 0.5) is 11.4 Å². The monoisotopic (exact) mass is 447 g/mol. The first kappa shape index (κ1) is 24.5. The maximum Gasteiger partial charge on any atom is 0.273 e. The summed E-state index contributed by atoms with van der Waals surface area (Å²) < 4.78 is 27.6. The van der Waals surface area contributed by atoms with E-state index in [0.29, 0.717) is 18.8 Å². The molecule has 31 heavy (non-hydrogen) atoms. The molecule has 8 nitrogen and oxygen atoms in total. The number of amides is 1. The molecule has 0 saturated carbocycles. The Bertz CT molecular complexity index is 1040. The molecule has 1 amide bonds. The summed E-state index contributed by atoms with van der Waals surface area (Å²) in [5, 5.41) is 13.8. The number of hydrogen-bond donors (Lipinski definition) is 1. The van der Waals surface area contributed by atoms with Gasteiger partial charge in [-0.1, -0.05) is 33.8 Å². The third-order valence-corrected chi connectivity index (χ3v) is 6.48. The van der Waals surface area contributed by atoms with Crippen LogP contribution in [0.1, 0.15) is 43.6 Å². The molecule has 0 aliphatic rings. The van der Waals surface area contributed by atoms with Crippen molar-refractivity contribution in [3.8, 4) is 0 Å². The Morgan fingerprint density at radius 2 is 1.58 bits per heavy atom. The van der Waals surface area contributed by atoms with Crippen molar-refractivity contribution in [3.05, 3.63) is 63.7 Å². The van der Waals surface area contributed by atoms with E-state index in [4.69, 9.17) is 0 Å². The van der Waals surface area contributed by atoms with Gasteiger partial charge in [0.05, 0.1) is 9.82 Å². The first-order valence-corrected chi connectivity index (χ1v) is 11.5. The van der Waals surface area contributed by atoms with Gasteiger partial charge in [0.25, 0.3) is 11.6 Å². The molecule has 0 bridgehead atoms. The molecule has 0 aliphatic heterocycles. The van der Waals surface area contributed by atoms with Gasteiger partial charge in [0.2, 0.25) is 10.0 Å². The van der Waals surface area contributed by atoms with Gasteiger partial charge in [-0.25, -0.2) is 8.42 Å². The number of hydrogen-bond acceptors (Lipinski definition) is 5. The highest BCUT2D eigenvalue weighted by Crippen LogP contribution is 2.24. The van der Waals surface area contributed by atoms with Crippen molar-refractivity contribution in [2.24, 2.45) is 11.8 Å². The Labute approximate surface area is 183 Å². The van der Waals surface area contributed by atoms with Crippen molar-refractivity contribution in [2.45, 2.75) is 39.5 Å². The minimum Gasteiger partial charge on any atom is -0.322 e. The standard InChI is InChI=1S/C22H29N3O5S/c1-15(2)13-24(14-16(3)4)31(29,30)19-11-9-18(10-12-19)23-22(26)20-7-6-8-21(17(20)5)25(27)28/h6-12,15-16H,13-14H2,1-5H3,(H,23,26). The zero-order chi connectivity index (χ0) is 23.3. The van der Waals surface area contributed by atoms with Crippen molar-refractivity contribution >= 4 is 27.3 Å². The lowest BCUT2D eigenvalue weighted by Gasteiger charge is -2.25. The molecule has 0 fully saturated rings. The van der Waals surface area contributed by atoms with Crippen LogP contribution in [-0.2, 0) is 10.0 Å². The first-order valence-electron chi connectivity index (χ1n) is 10.1. The molecule has 168 valence electrons. The smallest absolute Gasteiger partial charge is 0.273 e. The Hall–Kier alpha value is -2.78. The third kappa shape index (κ3) is 6.11. The van der Waals surface area contributed by atoms with Gasteiger partial charge in [-0.05, 0) is 49.1 Å². The Balaban J connectivity index is 2.24. The number of nitro benzene ring substituents is 1. The van der Waals surface area contributed by atoms with Crippen LogP contribution in [0.2, 0.25) is 0 Å². The Morgan fingerprint density at radius 1 is 1.03 bits per heavy atom. The zero-order valence-electron chi connectivity index (χ0n) is 18.5. The lowest BCUT2D eigenvalue weighted by atomic mass is 10.1. The summed E-state index contributed by atoms with van der Waals surface area (Å²) in [4.78, 5) is 23.3. The fourth-order valence-corrected chi connectivity index (χ4v) is 4.98. The van der Waals surface area contributed by atoms with Crippen molar-refractivity contribution < 1.29 is 18.1 Å². The number of carbonyl (C=O) groups is 1. The molecule has 0 heterocycles. The van der Waals surface area contributed by atoms with E-state index in [9.17, 15) is 23.3 Å². The number of benzene rings is 2. The summed E-state index contributed by atoms with van der Waals surface area (Å²) in [6.45, 7) is 10.2. The number of carbonyl (C=O) groups excluding carboxylic acids is 1. The van der Waals surface area contributed by atoms with Gasteiger partial charge in [0, 0.05) is 36.0 Å². The van der Waals surface area contributed by atoms with Crippen LogP contribution in [0.3, 0.4) is 0 Å². The lowest BCUT2D eigenvalue weighted by Crippen LogP contribution is -2.37. The summed E-state index contributed by atoms with van der Waals surface area (Å²) in [6.07, 6.45) is 0. The molecule has 0 aliphatic carbocycles. The minimum absolute atomic E-state index is 0.135. The molecule has 0 radical (unpaired) electrons. The van der Waals surface area contributed by atoms with Crippen LogP contribution in [-0.4, -0.2) is 36.6 Å². The quantitative estimate of drug-likeness (QED) is 0.451. The number of anilines is 1. The van der Waals surface area contributed by atoms with Gasteiger partial charge >= 0.3 is 0 Å². The molecule has 0 aromatic heterocycles. The van der Waals surface area contributed by atoms with Crippen LogP contribution in [0.5, 0.6) is 0 Å². The number of nitro groups is 1. The van der Waals surface area contributed by atoms with Crippen molar-refractivity contribution in [1.29, 1.82) is 0 Å². The van der Waals surface area contributed by atoms with E-state index in [1.54, 1.807) is 0 Å². The van der Waals surface area contributed by atoms with Gasteiger partial charge in [0.15, 0.2) is 0 Å². The normalized spacial score (nSPS) is 11.9. The summed E-state index contributed by atoms with van der Waals surface area (Å²) in [7, 11) is -3.66. The van der Waals surface area contributed by atoms with E-state index in [2.05, 4.69) is 5.32 Å². The Morgan fingerprint density at radius 3 is 2.06 bits per heavy atom. The molecule has 2 aromatic rings. The second kappa shape index (κ2) is 10.0. The maximum absolute atomic E-state index is 13.1. The molecule has 0 saturated heterocycles. The van der Waals surface area contributed by atoms with E-state index in [1.165, 1.54) is 53.7 Å². The fourth-order valence-electron chi connectivity index (χ4n) is 3.21. The highest BCUT2D eigenvalue weighted by molar-refractivity contribution is 7.89.